The fourth-order valence-corrected chi connectivity index (χ4v) is 1.98. The van der Waals surface area contributed by atoms with Crippen molar-refractivity contribution in [1.82, 2.24) is 5.32 Å². The van der Waals surface area contributed by atoms with Gasteiger partial charge < -0.3 is 14.8 Å². The summed E-state index contributed by atoms with van der Waals surface area (Å²) in [6.45, 7) is 7.18. The zero-order valence-electron chi connectivity index (χ0n) is 13.1. The Morgan fingerprint density at radius 1 is 1.00 bits per heavy atom. The summed E-state index contributed by atoms with van der Waals surface area (Å²) in [5.41, 5.74) is 2.39. The van der Waals surface area contributed by atoms with Gasteiger partial charge in [-0.15, -0.1) is 0 Å². The minimum atomic E-state index is 0.484. The average Bonchev–Trinajstić information content (AvgIpc) is 2.48. The molecule has 21 heavy (non-hydrogen) atoms. The van der Waals surface area contributed by atoms with Gasteiger partial charge in [-0.25, -0.2) is 0 Å². The van der Waals surface area contributed by atoms with Gasteiger partial charge in [-0.3, -0.25) is 0 Å². The van der Waals surface area contributed by atoms with Crippen LogP contribution in [0.2, 0.25) is 0 Å². The van der Waals surface area contributed by atoms with Crippen molar-refractivity contribution < 1.29 is 9.47 Å². The standard InChI is InChI=1S/C18H23NO2/c1-13(2)19-12-15-6-8-16(9-7-15)21-17-10-5-14(3)11-18(17)20-4/h5-11,13,19H,12H2,1-4H3. The number of methoxy groups -OCH3 is 1. The summed E-state index contributed by atoms with van der Waals surface area (Å²) < 4.78 is 11.2. The maximum atomic E-state index is 5.89. The van der Waals surface area contributed by atoms with Crippen LogP contribution in [-0.2, 0) is 6.54 Å². The van der Waals surface area contributed by atoms with Crippen molar-refractivity contribution in [1.29, 1.82) is 0 Å². The van der Waals surface area contributed by atoms with Crippen molar-refractivity contribution in [3.63, 3.8) is 0 Å². The summed E-state index contributed by atoms with van der Waals surface area (Å²) in [4.78, 5) is 0. The minimum absolute atomic E-state index is 0.484. The summed E-state index contributed by atoms with van der Waals surface area (Å²) in [5.74, 6) is 2.29. The molecule has 3 heteroatoms. The first-order chi connectivity index (χ1) is 10.1. The first kappa shape index (κ1) is 15.4. The first-order valence-corrected chi connectivity index (χ1v) is 7.23. The van der Waals surface area contributed by atoms with Crippen molar-refractivity contribution in [2.75, 3.05) is 7.11 Å². The van der Waals surface area contributed by atoms with Crippen LogP contribution in [0.4, 0.5) is 0 Å². The molecule has 3 nitrogen and oxygen atoms in total. The molecule has 2 rings (SSSR count). The van der Waals surface area contributed by atoms with Crippen molar-refractivity contribution in [3.05, 3.63) is 53.6 Å². The fourth-order valence-electron chi connectivity index (χ4n) is 1.98. The van der Waals surface area contributed by atoms with Crippen LogP contribution in [0.15, 0.2) is 42.5 Å². The van der Waals surface area contributed by atoms with Gasteiger partial charge in [-0.05, 0) is 42.3 Å². The number of hydrogen-bond acceptors (Lipinski definition) is 3. The van der Waals surface area contributed by atoms with E-state index in [1.165, 1.54) is 5.56 Å². The van der Waals surface area contributed by atoms with Crippen LogP contribution < -0.4 is 14.8 Å². The molecule has 0 bridgehead atoms. The van der Waals surface area contributed by atoms with E-state index in [9.17, 15) is 0 Å². The highest BCUT2D eigenvalue weighted by atomic mass is 16.5. The summed E-state index contributed by atoms with van der Waals surface area (Å²) in [6, 6.07) is 14.5. The second-order valence-electron chi connectivity index (χ2n) is 5.44. The lowest BCUT2D eigenvalue weighted by atomic mass is 10.2. The quantitative estimate of drug-likeness (QED) is 0.858. The van der Waals surface area contributed by atoms with Gasteiger partial charge in [0.05, 0.1) is 7.11 Å². The molecule has 0 amide bonds. The molecular weight excluding hydrogens is 262 g/mol. The fraction of sp³-hybridized carbons (Fsp3) is 0.333. The Balaban J connectivity index is 2.06. The number of nitrogens with one attached hydrogen (secondary N) is 1. The van der Waals surface area contributed by atoms with E-state index >= 15 is 0 Å². The van der Waals surface area contributed by atoms with Crippen LogP contribution in [0.1, 0.15) is 25.0 Å². The molecule has 2 aromatic rings. The molecule has 2 aromatic carbocycles. The summed E-state index contributed by atoms with van der Waals surface area (Å²) >= 11 is 0. The third-order valence-corrected chi connectivity index (χ3v) is 3.18. The Labute approximate surface area is 126 Å². The molecule has 0 aliphatic heterocycles. The van der Waals surface area contributed by atoms with Crippen LogP contribution in [-0.4, -0.2) is 13.2 Å². The van der Waals surface area contributed by atoms with E-state index in [4.69, 9.17) is 9.47 Å². The Morgan fingerprint density at radius 2 is 1.71 bits per heavy atom. The average molecular weight is 285 g/mol. The van der Waals surface area contributed by atoms with E-state index in [-0.39, 0.29) is 0 Å². The minimum Gasteiger partial charge on any atom is -0.493 e. The molecule has 0 atom stereocenters. The van der Waals surface area contributed by atoms with Crippen molar-refractivity contribution in [2.45, 2.75) is 33.4 Å². The predicted molar refractivity (Wildman–Crippen MR) is 86.2 cm³/mol. The van der Waals surface area contributed by atoms with Gasteiger partial charge in [-0.2, -0.15) is 0 Å². The SMILES string of the molecule is COc1cc(C)ccc1Oc1ccc(CNC(C)C)cc1. The Morgan fingerprint density at radius 3 is 2.33 bits per heavy atom. The molecule has 0 saturated heterocycles. The highest BCUT2D eigenvalue weighted by Crippen LogP contribution is 2.32. The third-order valence-electron chi connectivity index (χ3n) is 3.18. The van der Waals surface area contributed by atoms with Crippen LogP contribution in [0.5, 0.6) is 17.2 Å². The van der Waals surface area contributed by atoms with Gasteiger partial charge in [-0.1, -0.05) is 32.0 Å². The van der Waals surface area contributed by atoms with E-state index in [1.54, 1.807) is 7.11 Å². The van der Waals surface area contributed by atoms with E-state index < -0.39 is 0 Å². The molecule has 1 N–H and O–H groups in total. The van der Waals surface area contributed by atoms with Gasteiger partial charge in [0.25, 0.3) is 0 Å². The maximum Gasteiger partial charge on any atom is 0.169 e. The molecule has 0 fully saturated rings. The smallest absolute Gasteiger partial charge is 0.169 e. The molecule has 0 unspecified atom stereocenters. The lowest BCUT2D eigenvalue weighted by molar-refractivity contribution is 0.378. The highest BCUT2D eigenvalue weighted by molar-refractivity contribution is 5.45. The lowest BCUT2D eigenvalue weighted by Gasteiger charge is -2.12. The van der Waals surface area contributed by atoms with Crippen molar-refractivity contribution >= 4 is 0 Å². The molecular formula is C18H23NO2. The molecule has 0 aromatic heterocycles. The number of rotatable bonds is 6. The van der Waals surface area contributed by atoms with E-state index in [0.717, 1.165) is 29.4 Å². The van der Waals surface area contributed by atoms with Crippen LogP contribution in [0.3, 0.4) is 0 Å². The van der Waals surface area contributed by atoms with Gasteiger partial charge >= 0.3 is 0 Å². The topological polar surface area (TPSA) is 30.5 Å². The van der Waals surface area contributed by atoms with Gasteiger partial charge in [0.1, 0.15) is 5.75 Å². The third kappa shape index (κ3) is 4.50. The molecule has 0 saturated carbocycles. The van der Waals surface area contributed by atoms with Gasteiger partial charge in [0.2, 0.25) is 0 Å². The zero-order chi connectivity index (χ0) is 15.2. The summed E-state index contributed by atoms with van der Waals surface area (Å²) in [5, 5.41) is 3.39. The molecule has 0 aliphatic rings. The second kappa shape index (κ2) is 7.14. The molecule has 112 valence electrons. The normalized spacial score (nSPS) is 10.7. The van der Waals surface area contributed by atoms with Crippen LogP contribution in [0, 0.1) is 6.92 Å². The largest absolute Gasteiger partial charge is 0.493 e. The van der Waals surface area contributed by atoms with E-state index in [1.807, 2.05) is 37.3 Å². The monoisotopic (exact) mass is 285 g/mol. The summed E-state index contributed by atoms with van der Waals surface area (Å²) in [7, 11) is 1.66. The maximum absolute atomic E-state index is 5.89. The van der Waals surface area contributed by atoms with Crippen LogP contribution >= 0.6 is 0 Å². The van der Waals surface area contributed by atoms with Gasteiger partial charge in [0, 0.05) is 12.6 Å². The number of aryl methyl sites for hydroxylation is 1. The predicted octanol–water partition coefficient (Wildman–Crippen LogP) is 4.29. The lowest BCUT2D eigenvalue weighted by Crippen LogP contribution is -2.21. The molecule has 0 aliphatic carbocycles. The molecule has 0 radical (unpaired) electrons. The van der Waals surface area contributed by atoms with E-state index in [2.05, 4.69) is 31.3 Å². The first-order valence-electron chi connectivity index (χ1n) is 7.23. The molecule has 0 heterocycles. The highest BCUT2D eigenvalue weighted by Gasteiger charge is 2.06. The van der Waals surface area contributed by atoms with Crippen molar-refractivity contribution in [3.8, 4) is 17.2 Å². The Hall–Kier alpha value is -2.00. The van der Waals surface area contributed by atoms with Crippen LogP contribution in [0.25, 0.3) is 0 Å². The zero-order valence-corrected chi connectivity index (χ0v) is 13.1. The van der Waals surface area contributed by atoms with Crippen molar-refractivity contribution in [2.24, 2.45) is 0 Å². The number of hydrogen-bond donors (Lipinski definition) is 1. The Kier molecular flexibility index (Phi) is 5.23. The number of benzene rings is 2. The second-order valence-corrected chi connectivity index (χ2v) is 5.44. The van der Waals surface area contributed by atoms with E-state index in [0.29, 0.717) is 6.04 Å². The molecule has 0 spiro atoms. The van der Waals surface area contributed by atoms with Gasteiger partial charge in [0.15, 0.2) is 11.5 Å². The Bertz CT molecular complexity index is 576. The number of ether oxygens (including phenoxy) is 2. The summed E-state index contributed by atoms with van der Waals surface area (Å²) in [6.07, 6.45) is 0.